The molecule has 7 heteroatoms. The largest absolute Gasteiger partial charge is 0.353 e. The summed E-state index contributed by atoms with van der Waals surface area (Å²) in [4.78, 5) is 31.5. The minimum atomic E-state index is -0.384. The van der Waals surface area contributed by atoms with Crippen LogP contribution in [0, 0.1) is 0 Å². The number of carbonyl (C=O) groups is 2. The molecule has 3 aromatic rings. The summed E-state index contributed by atoms with van der Waals surface area (Å²) in [6.45, 7) is 0. The summed E-state index contributed by atoms with van der Waals surface area (Å²) < 4.78 is 0. The second-order valence-electron chi connectivity index (χ2n) is 5.29. The molecule has 2 aromatic heterocycles. The van der Waals surface area contributed by atoms with Crippen LogP contribution in [-0.2, 0) is 4.79 Å². The molecule has 0 spiro atoms. The number of thiazole rings is 1. The van der Waals surface area contributed by atoms with Crippen molar-refractivity contribution >= 4 is 45.0 Å². The molecule has 1 amide bonds. The van der Waals surface area contributed by atoms with Gasteiger partial charge in [-0.3, -0.25) is 9.59 Å². The Hall–Kier alpha value is -2.12. The minimum Gasteiger partial charge on any atom is -0.353 e. The number of fused-ring (bicyclic) bond motifs is 1. The van der Waals surface area contributed by atoms with Crippen LogP contribution in [0.25, 0.3) is 21.6 Å². The van der Waals surface area contributed by atoms with Crippen LogP contribution >= 0.6 is 23.1 Å². The summed E-state index contributed by atoms with van der Waals surface area (Å²) >= 11 is 2.68. The molecule has 0 unspecified atom stereocenters. The number of carbonyl (C=O) groups excluding carboxylic acids is 2. The molecule has 0 bridgehead atoms. The maximum atomic E-state index is 12.2. The van der Waals surface area contributed by atoms with Crippen LogP contribution in [0.1, 0.15) is 16.9 Å². The van der Waals surface area contributed by atoms with E-state index in [0.29, 0.717) is 12.1 Å². The number of rotatable bonds is 3. The summed E-state index contributed by atoms with van der Waals surface area (Å²) in [5, 5.41) is 6.39. The number of hydrogen-bond acceptors (Lipinski definition) is 5. The van der Waals surface area contributed by atoms with Crippen molar-refractivity contribution in [2.24, 2.45) is 0 Å². The Labute approximate surface area is 140 Å². The molecular weight excluding hydrogens is 330 g/mol. The zero-order valence-corrected chi connectivity index (χ0v) is 13.7. The third-order valence-electron chi connectivity index (χ3n) is 3.74. The molecular formula is C16H13N3O2S2. The molecule has 0 saturated carbocycles. The fraction of sp³-hybridized carbons (Fsp3) is 0.188. The number of amides is 1. The summed E-state index contributed by atoms with van der Waals surface area (Å²) in [6.07, 6.45) is 0.689. The molecule has 1 fully saturated rings. The van der Waals surface area contributed by atoms with Crippen LogP contribution in [0.2, 0.25) is 0 Å². The van der Waals surface area contributed by atoms with E-state index in [-0.39, 0.29) is 17.1 Å². The van der Waals surface area contributed by atoms with Crippen LogP contribution in [0.3, 0.4) is 0 Å². The van der Waals surface area contributed by atoms with Gasteiger partial charge in [0.2, 0.25) is 5.12 Å². The Morgan fingerprint density at radius 2 is 2.22 bits per heavy atom. The standard InChI is InChI=1S/C16H13N3O2S2/c20-14(18-11-5-6-22-16(11)21)13-8-23-15(19-13)12-7-9-3-1-2-4-10(9)17-12/h1-4,7-8,11,17H,5-6H2,(H,18,20)/t11-/m0/s1. The molecule has 3 heterocycles. The highest BCUT2D eigenvalue weighted by Gasteiger charge is 2.27. The molecule has 1 saturated heterocycles. The van der Waals surface area contributed by atoms with Crippen molar-refractivity contribution in [3.63, 3.8) is 0 Å². The molecule has 1 aliphatic rings. The topological polar surface area (TPSA) is 74.8 Å². The van der Waals surface area contributed by atoms with Gasteiger partial charge in [0.25, 0.3) is 5.91 Å². The first-order valence-electron chi connectivity index (χ1n) is 7.22. The first-order valence-corrected chi connectivity index (χ1v) is 9.08. The summed E-state index contributed by atoms with van der Waals surface area (Å²) in [5.74, 6) is 0.478. The Kier molecular flexibility index (Phi) is 3.66. The van der Waals surface area contributed by atoms with Crippen molar-refractivity contribution in [2.75, 3.05) is 5.75 Å². The first-order chi connectivity index (χ1) is 11.2. The van der Waals surface area contributed by atoms with Crippen molar-refractivity contribution in [3.8, 4) is 10.7 Å². The van der Waals surface area contributed by atoms with Gasteiger partial charge in [-0.2, -0.15) is 0 Å². The molecule has 1 atom stereocenters. The lowest BCUT2D eigenvalue weighted by Crippen LogP contribution is -2.37. The first kappa shape index (κ1) is 14.5. The average molecular weight is 343 g/mol. The Bertz CT molecular complexity index is 867. The Morgan fingerprint density at radius 3 is 3.00 bits per heavy atom. The second-order valence-corrected chi connectivity index (χ2v) is 7.25. The number of H-pyrrole nitrogens is 1. The van der Waals surface area contributed by atoms with Gasteiger partial charge in [-0.15, -0.1) is 11.3 Å². The summed E-state index contributed by atoms with van der Waals surface area (Å²) in [6, 6.07) is 9.62. The zero-order chi connectivity index (χ0) is 15.8. The van der Waals surface area contributed by atoms with Crippen LogP contribution < -0.4 is 5.32 Å². The maximum Gasteiger partial charge on any atom is 0.271 e. The number of benzene rings is 1. The highest BCUT2D eigenvalue weighted by atomic mass is 32.2. The van der Waals surface area contributed by atoms with Crippen LogP contribution in [0.15, 0.2) is 35.7 Å². The number of hydrogen-bond donors (Lipinski definition) is 2. The van der Waals surface area contributed by atoms with Gasteiger partial charge in [0, 0.05) is 22.0 Å². The Morgan fingerprint density at radius 1 is 1.35 bits per heavy atom. The van der Waals surface area contributed by atoms with Crippen molar-refractivity contribution < 1.29 is 9.59 Å². The number of thioether (sulfide) groups is 1. The van der Waals surface area contributed by atoms with Crippen molar-refractivity contribution in [1.82, 2.24) is 15.3 Å². The molecule has 0 aliphatic carbocycles. The Balaban J connectivity index is 1.56. The van der Waals surface area contributed by atoms with E-state index in [1.54, 1.807) is 5.38 Å². The van der Waals surface area contributed by atoms with Crippen molar-refractivity contribution in [3.05, 3.63) is 41.4 Å². The third-order valence-corrected chi connectivity index (χ3v) is 5.62. The lowest BCUT2D eigenvalue weighted by atomic mass is 10.2. The van der Waals surface area contributed by atoms with Gasteiger partial charge < -0.3 is 10.3 Å². The summed E-state index contributed by atoms with van der Waals surface area (Å²) in [7, 11) is 0. The fourth-order valence-corrected chi connectivity index (χ4v) is 4.25. The molecule has 23 heavy (non-hydrogen) atoms. The summed E-state index contributed by atoms with van der Waals surface area (Å²) in [5.41, 5.74) is 2.29. The second kappa shape index (κ2) is 5.82. The van der Waals surface area contributed by atoms with Gasteiger partial charge in [-0.1, -0.05) is 30.0 Å². The van der Waals surface area contributed by atoms with Gasteiger partial charge in [0.1, 0.15) is 10.7 Å². The number of aromatic nitrogens is 2. The van der Waals surface area contributed by atoms with E-state index in [4.69, 9.17) is 0 Å². The van der Waals surface area contributed by atoms with E-state index in [0.717, 1.165) is 27.4 Å². The molecule has 2 N–H and O–H groups in total. The lowest BCUT2D eigenvalue weighted by molar-refractivity contribution is -0.112. The quantitative estimate of drug-likeness (QED) is 0.766. The van der Waals surface area contributed by atoms with Crippen molar-refractivity contribution in [1.29, 1.82) is 0 Å². The number of para-hydroxylation sites is 1. The predicted molar refractivity (Wildman–Crippen MR) is 92.7 cm³/mol. The molecule has 0 radical (unpaired) electrons. The van der Waals surface area contributed by atoms with Gasteiger partial charge in [-0.25, -0.2) is 4.98 Å². The van der Waals surface area contributed by atoms with E-state index in [1.165, 1.54) is 23.1 Å². The SMILES string of the molecule is O=C(N[C@H]1CCSC1=O)c1csc(-c2cc3ccccc3[nH]2)n1. The van der Waals surface area contributed by atoms with E-state index in [2.05, 4.69) is 15.3 Å². The smallest absolute Gasteiger partial charge is 0.271 e. The van der Waals surface area contributed by atoms with Gasteiger partial charge in [0.15, 0.2) is 0 Å². The minimum absolute atomic E-state index is 0.0319. The van der Waals surface area contributed by atoms with Crippen LogP contribution in [-0.4, -0.2) is 32.8 Å². The van der Waals surface area contributed by atoms with Crippen LogP contribution in [0.4, 0.5) is 0 Å². The van der Waals surface area contributed by atoms with E-state index < -0.39 is 0 Å². The zero-order valence-electron chi connectivity index (χ0n) is 12.0. The normalized spacial score (nSPS) is 17.7. The van der Waals surface area contributed by atoms with E-state index >= 15 is 0 Å². The number of nitrogens with one attached hydrogen (secondary N) is 2. The highest BCUT2D eigenvalue weighted by Crippen LogP contribution is 2.27. The molecule has 4 rings (SSSR count). The van der Waals surface area contributed by atoms with E-state index in [9.17, 15) is 9.59 Å². The van der Waals surface area contributed by atoms with Gasteiger partial charge >= 0.3 is 0 Å². The average Bonchev–Trinajstić information content (AvgIpc) is 3.26. The lowest BCUT2D eigenvalue weighted by Gasteiger charge is -2.07. The molecule has 1 aliphatic heterocycles. The monoisotopic (exact) mass is 343 g/mol. The van der Waals surface area contributed by atoms with E-state index in [1.807, 2.05) is 30.3 Å². The fourth-order valence-electron chi connectivity index (χ4n) is 2.55. The maximum absolute atomic E-state index is 12.2. The number of aromatic amines is 1. The predicted octanol–water partition coefficient (Wildman–Crippen LogP) is 3.05. The van der Waals surface area contributed by atoms with Gasteiger partial charge in [-0.05, 0) is 18.6 Å². The molecule has 5 nitrogen and oxygen atoms in total. The van der Waals surface area contributed by atoms with Crippen LogP contribution in [0.5, 0.6) is 0 Å². The number of nitrogens with zero attached hydrogens (tertiary/aromatic N) is 1. The van der Waals surface area contributed by atoms with Crippen molar-refractivity contribution in [2.45, 2.75) is 12.5 Å². The highest BCUT2D eigenvalue weighted by molar-refractivity contribution is 8.14. The third kappa shape index (κ3) is 2.77. The van der Waals surface area contributed by atoms with Gasteiger partial charge in [0.05, 0.1) is 11.7 Å². The molecule has 1 aromatic carbocycles. The molecule has 116 valence electrons.